The largest absolute Gasteiger partial charge is 0.481 e. The molecule has 0 spiro atoms. The number of benzene rings is 1. The summed E-state index contributed by atoms with van der Waals surface area (Å²) in [7, 11) is 2.65. The van der Waals surface area contributed by atoms with Crippen LogP contribution in [0, 0.1) is 11.6 Å². The molecule has 0 unspecified atom stereocenters. The average molecular weight is 364 g/mol. The highest BCUT2D eigenvalue weighted by Gasteiger charge is 2.24. The summed E-state index contributed by atoms with van der Waals surface area (Å²) in [5.41, 5.74) is 0.891. The van der Waals surface area contributed by atoms with Crippen molar-refractivity contribution >= 4 is 11.9 Å². The number of hydrogen-bond donors (Lipinski definition) is 1. The van der Waals surface area contributed by atoms with E-state index in [4.69, 9.17) is 9.47 Å². The Morgan fingerprint density at radius 3 is 2.62 bits per heavy atom. The fourth-order valence-electron chi connectivity index (χ4n) is 2.40. The van der Waals surface area contributed by atoms with E-state index in [1.807, 2.05) is 0 Å². The highest BCUT2D eigenvalue weighted by molar-refractivity contribution is 5.85. The maximum atomic E-state index is 13.2. The van der Waals surface area contributed by atoms with Gasteiger partial charge in [0.2, 0.25) is 11.8 Å². The summed E-state index contributed by atoms with van der Waals surface area (Å²) in [6.45, 7) is 0. The molecule has 2 rings (SSSR count). The second-order valence-corrected chi connectivity index (χ2v) is 5.44. The summed E-state index contributed by atoms with van der Waals surface area (Å²) < 4.78 is 36.1. The Morgan fingerprint density at radius 2 is 1.96 bits per heavy atom. The minimum atomic E-state index is -1.04. The van der Waals surface area contributed by atoms with E-state index in [2.05, 4.69) is 10.3 Å². The van der Waals surface area contributed by atoms with Crippen molar-refractivity contribution in [3.8, 4) is 5.88 Å². The van der Waals surface area contributed by atoms with Crippen LogP contribution >= 0.6 is 0 Å². The Bertz CT molecular complexity index is 799. The van der Waals surface area contributed by atoms with E-state index < -0.39 is 29.6 Å². The third kappa shape index (κ3) is 4.98. The Hall–Kier alpha value is -3.03. The maximum Gasteiger partial charge on any atom is 0.328 e. The summed E-state index contributed by atoms with van der Waals surface area (Å²) in [5.74, 6) is -2.88. The molecular formula is C18H18F2N2O4. The second kappa shape index (κ2) is 8.89. The van der Waals surface area contributed by atoms with Crippen LogP contribution in [-0.2, 0) is 27.2 Å². The van der Waals surface area contributed by atoms with Crippen molar-refractivity contribution < 1.29 is 27.8 Å². The van der Waals surface area contributed by atoms with E-state index in [0.717, 1.165) is 12.1 Å². The quantitative estimate of drug-likeness (QED) is 0.759. The fraction of sp³-hybridized carbons (Fsp3) is 0.278. The first-order valence-electron chi connectivity index (χ1n) is 7.73. The number of hydrogen-bond acceptors (Lipinski definition) is 5. The third-order valence-electron chi connectivity index (χ3n) is 3.64. The highest BCUT2D eigenvalue weighted by atomic mass is 19.2. The molecule has 0 fully saturated rings. The molecule has 138 valence electrons. The Kier molecular flexibility index (Phi) is 6.60. The summed E-state index contributed by atoms with van der Waals surface area (Å²) in [6, 6.07) is 5.59. The van der Waals surface area contributed by atoms with Crippen molar-refractivity contribution in [3.63, 3.8) is 0 Å². The first-order valence-corrected chi connectivity index (χ1v) is 7.73. The number of rotatable bonds is 7. The Labute approximate surface area is 149 Å². The van der Waals surface area contributed by atoms with Crippen LogP contribution in [0.4, 0.5) is 8.78 Å². The Morgan fingerprint density at radius 1 is 1.19 bits per heavy atom. The van der Waals surface area contributed by atoms with Gasteiger partial charge in [0.1, 0.15) is 6.04 Å². The molecule has 0 saturated heterocycles. The van der Waals surface area contributed by atoms with Crippen LogP contribution in [0.1, 0.15) is 11.1 Å². The molecule has 0 aliphatic heterocycles. The number of nitrogens with zero attached hydrogens (tertiary/aromatic N) is 1. The maximum absolute atomic E-state index is 13.2. The van der Waals surface area contributed by atoms with Crippen LogP contribution in [0.3, 0.4) is 0 Å². The van der Waals surface area contributed by atoms with E-state index in [1.165, 1.54) is 26.5 Å². The van der Waals surface area contributed by atoms with Crippen molar-refractivity contribution in [1.82, 2.24) is 10.3 Å². The SMILES string of the molecule is COC(=O)[C@@H](Cc1cccnc1OC)NC(=O)Cc1ccc(F)c(F)c1. The molecule has 1 aromatic heterocycles. The van der Waals surface area contributed by atoms with E-state index in [9.17, 15) is 18.4 Å². The zero-order valence-electron chi connectivity index (χ0n) is 14.3. The first kappa shape index (κ1) is 19.3. The van der Waals surface area contributed by atoms with Crippen LogP contribution in [0.2, 0.25) is 0 Å². The smallest absolute Gasteiger partial charge is 0.328 e. The minimum absolute atomic E-state index is 0.104. The van der Waals surface area contributed by atoms with Crippen molar-refractivity contribution in [2.24, 2.45) is 0 Å². The van der Waals surface area contributed by atoms with Crippen LogP contribution in [0.15, 0.2) is 36.5 Å². The van der Waals surface area contributed by atoms with Gasteiger partial charge in [-0.2, -0.15) is 0 Å². The molecule has 0 saturated carbocycles. The van der Waals surface area contributed by atoms with Crippen molar-refractivity contribution in [3.05, 3.63) is 59.3 Å². The predicted octanol–water partition coefficient (Wildman–Crippen LogP) is 1.81. The van der Waals surface area contributed by atoms with Gasteiger partial charge in [0, 0.05) is 18.2 Å². The van der Waals surface area contributed by atoms with Gasteiger partial charge in [0.15, 0.2) is 11.6 Å². The van der Waals surface area contributed by atoms with Crippen LogP contribution in [-0.4, -0.2) is 37.1 Å². The zero-order chi connectivity index (χ0) is 19.1. The molecule has 0 radical (unpaired) electrons. The minimum Gasteiger partial charge on any atom is -0.481 e. The van der Waals surface area contributed by atoms with Crippen molar-refractivity contribution in [2.45, 2.75) is 18.9 Å². The number of aromatic nitrogens is 1. The molecular weight excluding hydrogens is 346 g/mol. The molecule has 1 atom stereocenters. The molecule has 1 heterocycles. The van der Waals surface area contributed by atoms with E-state index in [-0.39, 0.29) is 18.4 Å². The van der Waals surface area contributed by atoms with Crippen molar-refractivity contribution in [2.75, 3.05) is 14.2 Å². The highest BCUT2D eigenvalue weighted by Crippen LogP contribution is 2.16. The number of ether oxygens (including phenoxy) is 2. The molecule has 0 aliphatic rings. The number of carbonyl (C=O) groups excluding carboxylic acids is 2. The van der Waals surface area contributed by atoms with Gasteiger partial charge in [-0.3, -0.25) is 4.79 Å². The molecule has 1 N–H and O–H groups in total. The number of pyridine rings is 1. The molecule has 0 bridgehead atoms. The summed E-state index contributed by atoms with van der Waals surface area (Å²) >= 11 is 0. The van der Waals surface area contributed by atoms with Gasteiger partial charge in [-0.05, 0) is 23.8 Å². The second-order valence-electron chi connectivity index (χ2n) is 5.44. The fourth-order valence-corrected chi connectivity index (χ4v) is 2.40. The zero-order valence-corrected chi connectivity index (χ0v) is 14.3. The molecule has 0 aliphatic carbocycles. The van der Waals surface area contributed by atoms with E-state index in [1.54, 1.807) is 12.1 Å². The molecule has 26 heavy (non-hydrogen) atoms. The number of amides is 1. The number of nitrogens with one attached hydrogen (secondary N) is 1. The standard InChI is InChI=1S/C18H18F2N2O4/c1-25-17-12(4-3-7-21-17)10-15(18(24)26-2)22-16(23)9-11-5-6-13(19)14(20)8-11/h3-8,15H,9-10H2,1-2H3,(H,22,23)/t15-/m1/s1. The lowest BCUT2D eigenvalue weighted by Crippen LogP contribution is -2.43. The number of halogens is 2. The molecule has 6 nitrogen and oxygen atoms in total. The van der Waals surface area contributed by atoms with Crippen LogP contribution < -0.4 is 10.1 Å². The average Bonchev–Trinajstić information content (AvgIpc) is 2.64. The van der Waals surface area contributed by atoms with Gasteiger partial charge >= 0.3 is 5.97 Å². The van der Waals surface area contributed by atoms with Gasteiger partial charge < -0.3 is 14.8 Å². The van der Waals surface area contributed by atoms with E-state index in [0.29, 0.717) is 11.4 Å². The van der Waals surface area contributed by atoms with Crippen LogP contribution in [0.5, 0.6) is 5.88 Å². The summed E-state index contributed by atoms with van der Waals surface area (Å²) in [6.07, 6.45) is 1.43. The van der Waals surface area contributed by atoms with Crippen LogP contribution in [0.25, 0.3) is 0 Å². The lowest BCUT2D eigenvalue weighted by atomic mass is 10.1. The normalized spacial score (nSPS) is 11.5. The van der Waals surface area contributed by atoms with Gasteiger partial charge in [0.25, 0.3) is 0 Å². The Balaban J connectivity index is 2.10. The molecule has 8 heteroatoms. The predicted molar refractivity (Wildman–Crippen MR) is 88.5 cm³/mol. The number of esters is 1. The third-order valence-corrected chi connectivity index (χ3v) is 3.64. The summed E-state index contributed by atoms with van der Waals surface area (Å²) in [4.78, 5) is 28.2. The van der Waals surface area contributed by atoms with Gasteiger partial charge in [0.05, 0.1) is 20.6 Å². The topological polar surface area (TPSA) is 77.5 Å². The molecule has 2 aromatic rings. The molecule has 1 aromatic carbocycles. The first-order chi connectivity index (χ1) is 12.4. The van der Waals surface area contributed by atoms with Gasteiger partial charge in [-0.1, -0.05) is 12.1 Å². The van der Waals surface area contributed by atoms with Crippen molar-refractivity contribution in [1.29, 1.82) is 0 Å². The lowest BCUT2D eigenvalue weighted by Gasteiger charge is -2.17. The molecule has 1 amide bonds. The van der Waals surface area contributed by atoms with E-state index >= 15 is 0 Å². The number of methoxy groups -OCH3 is 2. The number of carbonyl (C=O) groups is 2. The monoisotopic (exact) mass is 364 g/mol. The van der Waals surface area contributed by atoms with Gasteiger partial charge in [-0.25, -0.2) is 18.6 Å². The van der Waals surface area contributed by atoms with Gasteiger partial charge in [-0.15, -0.1) is 0 Å². The lowest BCUT2D eigenvalue weighted by molar-refractivity contribution is -0.145. The summed E-state index contributed by atoms with van der Waals surface area (Å²) in [5, 5.41) is 2.54.